The molecule has 2 aliphatic carbocycles. The van der Waals surface area contributed by atoms with Gasteiger partial charge in [0.15, 0.2) is 0 Å². The van der Waals surface area contributed by atoms with Gasteiger partial charge in [-0.2, -0.15) is 0 Å². The van der Waals surface area contributed by atoms with Crippen LogP contribution in [-0.4, -0.2) is 11.1 Å². The maximum atomic E-state index is 2.66. The zero-order valence-electron chi connectivity index (χ0n) is 38.5. The van der Waals surface area contributed by atoms with Gasteiger partial charge in [-0.25, -0.2) is 0 Å². The van der Waals surface area contributed by atoms with Crippen LogP contribution in [0.1, 0.15) is 76.3 Å². The quantitative estimate of drug-likeness (QED) is 0.154. The Bertz CT molecular complexity index is 3120. The normalized spacial score (nSPS) is 23.9. The SMILES string of the molecule is CC1CCC2(C)C1c1cc(-c3ccc4c(-c5ccccc5)c5cc(-c6ccc7c(c6)C6C(C)CCC6(C)N7c6ccccc6)ccc5c(-c5ccccc5)c4c3)ccc1N2c1ccccc1. The number of fused-ring (bicyclic) bond motifs is 8. The lowest BCUT2D eigenvalue weighted by Crippen LogP contribution is -2.40. The lowest BCUT2D eigenvalue weighted by Gasteiger charge is -2.38. The molecule has 9 aromatic carbocycles. The number of hydrogen-bond donors (Lipinski definition) is 0. The van der Waals surface area contributed by atoms with Crippen LogP contribution in [0.15, 0.2) is 194 Å². The fourth-order valence-corrected chi connectivity index (χ4v) is 14.1. The summed E-state index contributed by atoms with van der Waals surface area (Å²) in [4.78, 5) is 5.32. The molecular formula is C64H56N2. The first-order valence-corrected chi connectivity index (χ1v) is 24.4. The monoisotopic (exact) mass is 852 g/mol. The van der Waals surface area contributed by atoms with Gasteiger partial charge in [0, 0.05) is 45.7 Å². The van der Waals surface area contributed by atoms with Crippen LogP contribution < -0.4 is 9.80 Å². The van der Waals surface area contributed by atoms with Crippen molar-refractivity contribution in [2.45, 2.75) is 76.3 Å². The second-order valence-corrected chi connectivity index (χ2v) is 20.6. The van der Waals surface area contributed by atoms with Gasteiger partial charge in [-0.3, -0.25) is 0 Å². The molecule has 0 radical (unpaired) electrons. The van der Waals surface area contributed by atoms with Crippen LogP contribution >= 0.6 is 0 Å². The minimum absolute atomic E-state index is 0.0613. The maximum Gasteiger partial charge on any atom is 0.0495 e. The van der Waals surface area contributed by atoms with E-state index in [-0.39, 0.29) is 11.1 Å². The molecule has 2 heteroatoms. The van der Waals surface area contributed by atoms with E-state index in [4.69, 9.17) is 0 Å². The molecule has 0 spiro atoms. The van der Waals surface area contributed by atoms with Crippen LogP contribution in [0.25, 0.3) is 66.1 Å². The third-order valence-electron chi connectivity index (χ3n) is 16.9. The second kappa shape index (κ2) is 14.8. The minimum atomic E-state index is 0.0613. The van der Waals surface area contributed by atoms with Crippen LogP contribution in [0.2, 0.25) is 0 Å². The van der Waals surface area contributed by atoms with Crippen molar-refractivity contribution >= 4 is 44.3 Å². The van der Waals surface area contributed by atoms with Gasteiger partial charge < -0.3 is 9.80 Å². The average Bonchev–Trinajstić information content (AvgIpc) is 4.02. The molecular weight excluding hydrogens is 797 g/mol. The molecule has 6 unspecified atom stereocenters. The van der Waals surface area contributed by atoms with Crippen LogP contribution in [0.3, 0.4) is 0 Å². The third kappa shape index (κ3) is 5.73. The first-order chi connectivity index (χ1) is 32.3. The highest BCUT2D eigenvalue weighted by Crippen LogP contribution is 2.63. The molecule has 4 aliphatic rings. The highest BCUT2D eigenvalue weighted by atomic mass is 15.3. The Labute approximate surface area is 390 Å². The molecule has 2 heterocycles. The number of benzene rings is 9. The highest BCUT2D eigenvalue weighted by Gasteiger charge is 2.55. The Hall–Kier alpha value is -6.90. The van der Waals surface area contributed by atoms with Crippen molar-refractivity contribution in [3.63, 3.8) is 0 Å². The lowest BCUT2D eigenvalue weighted by atomic mass is 9.81. The van der Waals surface area contributed by atoms with Gasteiger partial charge in [0.2, 0.25) is 0 Å². The minimum Gasteiger partial charge on any atom is -0.335 e. The summed E-state index contributed by atoms with van der Waals surface area (Å²) < 4.78 is 0. The average molecular weight is 853 g/mol. The predicted molar refractivity (Wildman–Crippen MR) is 279 cm³/mol. The van der Waals surface area contributed by atoms with Crippen LogP contribution in [0.4, 0.5) is 22.7 Å². The van der Waals surface area contributed by atoms with E-state index in [1.165, 1.54) is 126 Å². The molecule has 6 atom stereocenters. The summed E-state index contributed by atoms with van der Waals surface area (Å²) in [6.45, 7) is 9.96. The van der Waals surface area contributed by atoms with E-state index in [0.29, 0.717) is 23.7 Å². The van der Waals surface area contributed by atoms with Gasteiger partial charge in [0.05, 0.1) is 0 Å². The van der Waals surface area contributed by atoms with E-state index in [1.807, 2.05) is 0 Å². The molecule has 0 amide bonds. The van der Waals surface area contributed by atoms with Gasteiger partial charge >= 0.3 is 0 Å². The third-order valence-corrected chi connectivity index (χ3v) is 16.9. The van der Waals surface area contributed by atoms with Crippen molar-refractivity contribution in [2.24, 2.45) is 11.8 Å². The first kappa shape index (κ1) is 39.5. The molecule has 0 bridgehead atoms. The molecule has 66 heavy (non-hydrogen) atoms. The summed E-state index contributed by atoms with van der Waals surface area (Å²) in [5.74, 6) is 2.21. The zero-order chi connectivity index (χ0) is 44.3. The van der Waals surface area contributed by atoms with Gasteiger partial charge in [-0.15, -0.1) is 0 Å². The predicted octanol–water partition coefficient (Wildman–Crippen LogP) is 17.5. The van der Waals surface area contributed by atoms with Crippen LogP contribution in [0.5, 0.6) is 0 Å². The van der Waals surface area contributed by atoms with Gasteiger partial charge in [-0.1, -0.05) is 147 Å². The summed E-state index contributed by atoms with van der Waals surface area (Å²) in [5, 5.41) is 5.14. The van der Waals surface area contributed by atoms with E-state index < -0.39 is 0 Å². The smallest absolute Gasteiger partial charge is 0.0495 e. The molecule has 2 fully saturated rings. The van der Waals surface area contributed by atoms with E-state index >= 15 is 0 Å². The van der Waals surface area contributed by atoms with Crippen molar-refractivity contribution in [1.29, 1.82) is 0 Å². The fraction of sp³-hybridized carbons (Fsp3) is 0.219. The highest BCUT2D eigenvalue weighted by molar-refractivity contribution is 6.22. The van der Waals surface area contributed by atoms with Gasteiger partial charge in [0.25, 0.3) is 0 Å². The van der Waals surface area contributed by atoms with E-state index in [0.717, 1.165) is 0 Å². The summed E-state index contributed by atoms with van der Waals surface area (Å²) in [6, 6.07) is 73.7. The number of anilines is 4. The van der Waals surface area contributed by atoms with Gasteiger partial charge in [0.1, 0.15) is 0 Å². The van der Waals surface area contributed by atoms with Crippen molar-refractivity contribution in [1.82, 2.24) is 0 Å². The Balaban J connectivity index is 1.00. The summed E-state index contributed by atoms with van der Waals surface area (Å²) in [7, 11) is 0. The molecule has 0 N–H and O–H groups in total. The summed E-state index contributed by atoms with van der Waals surface area (Å²) in [6.07, 6.45) is 4.90. The number of para-hydroxylation sites is 2. The Morgan fingerprint density at radius 3 is 1.11 bits per heavy atom. The van der Waals surface area contributed by atoms with E-state index in [2.05, 4.69) is 232 Å². The van der Waals surface area contributed by atoms with E-state index in [9.17, 15) is 0 Å². The summed E-state index contributed by atoms with van der Waals surface area (Å²) in [5.41, 5.74) is 18.6. The molecule has 2 saturated carbocycles. The Morgan fingerprint density at radius 2 is 0.712 bits per heavy atom. The zero-order valence-corrected chi connectivity index (χ0v) is 38.5. The standard InChI is InChI=1S/C64H56N2/c1-41-33-35-63(3)61(41)55-39-47(27-31-57(55)65(63)49-21-13-7-14-22-49)45-25-29-51-53(37-45)59(43-17-9-5-10-18-43)52-30-26-46(38-54(52)60(51)44-19-11-6-12-20-44)48-28-32-58-56(40-48)62-42(2)34-36-64(62,4)66(58)50-23-15-8-16-24-50/h5-32,37-42,61-62H,33-36H2,1-4H3. The van der Waals surface area contributed by atoms with Crippen molar-refractivity contribution in [3.05, 3.63) is 205 Å². The van der Waals surface area contributed by atoms with Crippen LogP contribution in [0, 0.1) is 11.8 Å². The maximum absolute atomic E-state index is 2.66. The lowest BCUT2D eigenvalue weighted by molar-refractivity contribution is 0.414. The van der Waals surface area contributed by atoms with Crippen molar-refractivity contribution in [2.75, 3.05) is 9.80 Å². The largest absolute Gasteiger partial charge is 0.335 e. The topological polar surface area (TPSA) is 6.48 Å². The summed E-state index contributed by atoms with van der Waals surface area (Å²) >= 11 is 0. The molecule has 2 aliphatic heterocycles. The van der Waals surface area contributed by atoms with Gasteiger partial charge in [-0.05, 0) is 189 Å². The molecule has 9 aromatic rings. The first-order valence-electron chi connectivity index (χ1n) is 24.4. The molecule has 322 valence electrons. The number of hydrogen-bond acceptors (Lipinski definition) is 2. The second-order valence-electron chi connectivity index (χ2n) is 20.6. The molecule has 2 nitrogen and oxygen atoms in total. The Kier molecular flexibility index (Phi) is 8.85. The van der Waals surface area contributed by atoms with Crippen molar-refractivity contribution in [3.8, 4) is 44.5 Å². The number of nitrogens with zero attached hydrogens (tertiary/aromatic N) is 2. The van der Waals surface area contributed by atoms with Crippen molar-refractivity contribution < 1.29 is 0 Å². The molecule has 0 aromatic heterocycles. The number of rotatable bonds is 6. The fourth-order valence-electron chi connectivity index (χ4n) is 14.1. The van der Waals surface area contributed by atoms with Crippen LogP contribution in [-0.2, 0) is 0 Å². The molecule has 0 saturated heterocycles. The molecule has 13 rings (SSSR count). The Morgan fingerprint density at radius 1 is 0.364 bits per heavy atom. The van der Waals surface area contributed by atoms with E-state index in [1.54, 1.807) is 0 Å².